The van der Waals surface area contributed by atoms with E-state index in [0.717, 1.165) is 17.6 Å². The number of methoxy groups -OCH3 is 3. The van der Waals surface area contributed by atoms with E-state index in [0.29, 0.717) is 58.4 Å². The van der Waals surface area contributed by atoms with Gasteiger partial charge in [0.25, 0.3) is 0 Å². The molecule has 0 spiro atoms. The third kappa shape index (κ3) is 6.01. The summed E-state index contributed by atoms with van der Waals surface area (Å²) in [4.78, 5) is 14.0. The minimum atomic E-state index is -4.44. The Bertz CT molecular complexity index is 1690. The van der Waals surface area contributed by atoms with Gasteiger partial charge in [0.1, 0.15) is 5.69 Å². The highest BCUT2D eigenvalue weighted by molar-refractivity contribution is 5.84. The maximum absolute atomic E-state index is 13.3. The summed E-state index contributed by atoms with van der Waals surface area (Å²) in [5.41, 5.74) is 3.76. The van der Waals surface area contributed by atoms with Crippen LogP contribution in [0.5, 0.6) is 5.88 Å². The molecule has 1 unspecified atom stereocenters. The van der Waals surface area contributed by atoms with Gasteiger partial charge < -0.3 is 24.1 Å². The SMILES string of the molecule is COCC(C/N=c1\cc2n(-c3ccc(C(F)(F)F)cc3)c3ccccc3nc-2cc1Nc1cccnc1OC)OC. The van der Waals surface area contributed by atoms with Gasteiger partial charge in [-0.1, -0.05) is 12.1 Å². The number of hydrogen-bond donors (Lipinski definition) is 1. The van der Waals surface area contributed by atoms with E-state index in [9.17, 15) is 13.2 Å². The molecule has 3 aromatic rings. The Kier molecular flexibility index (Phi) is 8.18. The van der Waals surface area contributed by atoms with E-state index in [4.69, 9.17) is 24.2 Å². The second-order valence-corrected chi connectivity index (χ2v) is 9.18. The lowest BCUT2D eigenvalue weighted by Crippen LogP contribution is -2.23. The summed E-state index contributed by atoms with van der Waals surface area (Å²) >= 11 is 0. The normalized spacial score (nSPS) is 13.1. The number of benzene rings is 3. The van der Waals surface area contributed by atoms with Crippen molar-refractivity contribution in [3.8, 4) is 23.0 Å². The van der Waals surface area contributed by atoms with Gasteiger partial charge in [0.05, 0.1) is 65.4 Å². The van der Waals surface area contributed by atoms with Gasteiger partial charge in [-0.3, -0.25) is 4.99 Å². The lowest BCUT2D eigenvalue weighted by molar-refractivity contribution is -0.137. The molecule has 1 aliphatic heterocycles. The van der Waals surface area contributed by atoms with Crippen LogP contribution >= 0.6 is 0 Å². The maximum atomic E-state index is 13.3. The van der Waals surface area contributed by atoms with Gasteiger partial charge >= 0.3 is 6.18 Å². The van der Waals surface area contributed by atoms with E-state index < -0.39 is 11.7 Å². The number of halogens is 3. The largest absolute Gasteiger partial charge is 0.480 e. The Hall–Kier alpha value is -4.48. The Labute approximate surface area is 234 Å². The highest BCUT2D eigenvalue weighted by Gasteiger charge is 2.30. The van der Waals surface area contributed by atoms with E-state index in [-0.39, 0.29) is 6.10 Å². The average molecular weight is 564 g/mol. The number of ether oxygens (including phenoxy) is 3. The number of aromatic nitrogens is 3. The molecule has 5 rings (SSSR count). The first-order valence-corrected chi connectivity index (χ1v) is 12.7. The molecule has 1 atom stereocenters. The molecule has 0 amide bonds. The molecule has 1 aromatic heterocycles. The lowest BCUT2D eigenvalue weighted by Gasteiger charge is -2.21. The van der Waals surface area contributed by atoms with E-state index in [2.05, 4.69) is 10.3 Å². The number of hydrogen-bond acceptors (Lipinski definition) is 7. The molecule has 2 heterocycles. The second kappa shape index (κ2) is 11.9. The number of anilines is 2. The van der Waals surface area contributed by atoms with Gasteiger partial charge in [-0.15, -0.1) is 0 Å². The Morgan fingerprint density at radius 2 is 1.73 bits per heavy atom. The highest BCUT2D eigenvalue weighted by atomic mass is 19.4. The van der Waals surface area contributed by atoms with Crippen LogP contribution in [-0.2, 0) is 15.7 Å². The molecule has 8 nitrogen and oxygen atoms in total. The van der Waals surface area contributed by atoms with E-state index in [1.54, 1.807) is 26.5 Å². The fourth-order valence-corrected chi connectivity index (χ4v) is 4.53. The zero-order valence-electron chi connectivity index (χ0n) is 22.6. The summed E-state index contributed by atoms with van der Waals surface area (Å²) in [6.45, 7) is 0.653. The van der Waals surface area contributed by atoms with Gasteiger partial charge in [0.2, 0.25) is 5.88 Å². The van der Waals surface area contributed by atoms with Gasteiger partial charge in [-0.05, 0) is 60.7 Å². The second-order valence-electron chi connectivity index (χ2n) is 9.18. The van der Waals surface area contributed by atoms with Crippen LogP contribution < -0.4 is 15.4 Å². The van der Waals surface area contributed by atoms with Crippen molar-refractivity contribution in [2.75, 3.05) is 39.8 Å². The Balaban J connectivity index is 1.75. The zero-order chi connectivity index (χ0) is 29.0. The molecule has 0 fully saturated rings. The molecule has 1 N–H and O–H groups in total. The van der Waals surface area contributed by atoms with E-state index >= 15 is 0 Å². The van der Waals surface area contributed by atoms with Crippen LogP contribution in [0.2, 0.25) is 0 Å². The average Bonchev–Trinajstić information content (AvgIpc) is 2.98. The molecule has 0 saturated heterocycles. The van der Waals surface area contributed by atoms with Gasteiger partial charge in [-0.2, -0.15) is 13.2 Å². The van der Waals surface area contributed by atoms with E-state index in [1.165, 1.54) is 19.2 Å². The summed E-state index contributed by atoms with van der Waals surface area (Å²) in [7, 11) is 4.72. The predicted octanol–water partition coefficient (Wildman–Crippen LogP) is 5.86. The molecule has 11 heteroatoms. The zero-order valence-corrected chi connectivity index (χ0v) is 22.6. The monoisotopic (exact) mass is 563 g/mol. The van der Waals surface area contributed by atoms with Crippen molar-refractivity contribution in [3.05, 3.63) is 89.9 Å². The minimum absolute atomic E-state index is 0.284. The summed E-state index contributed by atoms with van der Waals surface area (Å²) in [6, 6.07) is 19.9. The number of fused-ring (bicyclic) bond motifs is 2. The number of alkyl halides is 3. The number of nitrogens with one attached hydrogen (secondary N) is 1. The van der Waals surface area contributed by atoms with Crippen LogP contribution in [0, 0.1) is 0 Å². The van der Waals surface area contributed by atoms with Crippen molar-refractivity contribution < 1.29 is 27.4 Å². The predicted molar refractivity (Wildman–Crippen MR) is 150 cm³/mol. The smallest absolute Gasteiger partial charge is 0.416 e. The molecule has 1 aliphatic carbocycles. The van der Waals surface area contributed by atoms with Crippen LogP contribution in [-0.4, -0.2) is 55.1 Å². The molecular formula is C30H28F3N5O3. The summed E-state index contributed by atoms with van der Waals surface area (Å²) in [5, 5.41) is 3.94. The van der Waals surface area contributed by atoms with E-state index in [1.807, 2.05) is 47.0 Å². The minimum Gasteiger partial charge on any atom is -0.480 e. The fraction of sp³-hybridized carbons (Fsp3) is 0.233. The number of pyridine rings is 1. The van der Waals surface area contributed by atoms with Gasteiger partial charge in [0, 0.05) is 26.1 Å². The molecule has 212 valence electrons. The molecule has 2 aliphatic rings. The van der Waals surface area contributed by atoms with Crippen LogP contribution in [0.1, 0.15) is 5.56 Å². The van der Waals surface area contributed by atoms with Crippen LogP contribution in [0.4, 0.5) is 24.5 Å². The van der Waals surface area contributed by atoms with Crippen molar-refractivity contribution in [1.29, 1.82) is 0 Å². The summed E-state index contributed by atoms with van der Waals surface area (Å²) in [6.07, 6.45) is -3.09. The number of rotatable bonds is 9. The summed E-state index contributed by atoms with van der Waals surface area (Å²) in [5.74, 6) is 0.402. The molecule has 2 aromatic carbocycles. The van der Waals surface area contributed by atoms with Gasteiger partial charge in [0.15, 0.2) is 0 Å². The van der Waals surface area contributed by atoms with Gasteiger partial charge in [-0.25, -0.2) is 9.97 Å². The highest BCUT2D eigenvalue weighted by Crippen LogP contribution is 2.34. The molecule has 0 bridgehead atoms. The fourth-order valence-electron chi connectivity index (χ4n) is 4.53. The van der Waals surface area contributed by atoms with Crippen molar-refractivity contribution in [2.45, 2.75) is 12.3 Å². The first kappa shape index (κ1) is 28.1. The first-order chi connectivity index (χ1) is 19.8. The Morgan fingerprint density at radius 1 is 0.951 bits per heavy atom. The quantitative estimate of drug-likeness (QED) is 0.226. The van der Waals surface area contributed by atoms with Crippen LogP contribution in [0.15, 0.2) is 84.0 Å². The molecule has 0 saturated carbocycles. The van der Waals surface area contributed by atoms with Crippen molar-refractivity contribution in [3.63, 3.8) is 0 Å². The van der Waals surface area contributed by atoms with Crippen molar-refractivity contribution in [1.82, 2.24) is 14.5 Å². The third-order valence-electron chi connectivity index (χ3n) is 6.54. The first-order valence-electron chi connectivity index (χ1n) is 12.7. The van der Waals surface area contributed by atoms with Crippen molar-refractivity contribution in [2.24, 2.45) is 4.99 Å². The number of para-hydroxylation sites is 2. The number of nitrogens with zero attached hydrogens (tertiary/aromatic N) is 4. The topological polar surface area (TPSA) is 82.8 Å². The summed E-state index contributed by atoms with van der Waals surface area (Å²) < 4.78 is 58.0. The Morgan fingerprint density at radius 3 is 2.44 bits per heavy atom. The molecule has 41 heavy (non-hydrogen) atoms. The lowest BCUT2D eigenvalue weighted by atomic mass is 10.1. The van der Waals surface area contributed by atoms with Crippen LogP contribution in [0.3, 0.4) is 0 Å². The van der Waals surface area contributed by atoms with Crippen LogP contribution in [0.25, 0.3) is 28.1 Å². The molecule has 0 radical (unpaired) electrons. The third-order valence-corrected chi connectivity index (χ3v) is 6.54. The maximum Gasteiger partial charge on any atom is 0.416 e. The van der Waals surface area contributed by atoms with Crippen molar-refractivity contribution >= 4 is 22.4 Å². The molecular weight excluding hydrogens is 535 g/mol. The standard InChI is InChI=1S/C30H28F3N5O3/c1-39-18-21(40-2)17-35-24-16-28-26(15-25(24)37-23-8-6-14-34-29(23)41-3)36-22-7-4-5-9-27(22)38(28)20-12-10-19(11-13-20)30(31,32)33/h4-16,21,37H,17-18H2,1-3H3/b35-24+.